The van der Waals surface area contributed by atoms with Crippen LogP contribution in [-0.2, 0) is 10.1 Å². The standard InChI is InChI=1S/C21H19NO2P.C6H6O3S/c23-22(24)25(20-14-6-2-7-15-20,21-16-8-3-9-17-21)18-10-13-19-11-4-1-5-12-19;7-10(8,9)6-4-2-1-3-5-6/h1-17H,18H2;1-5H,(H,7,8,9)/q+1;/p-1. The molecule has 4 rings (SSSR count). The summed E-state index contributed by atoms with van der Waals surface area (Å²) in [4.78, 5) is 12.1. The Labute approximate surface area is 205 Å². The molecule has 8 heteroatoms. The fourth-order valence-electron chi connectivity index (χ4n) is 3.46. The summed E-state index contributed by atoms with van der Waals surface area (Å²) in [6.45, 7) is 0. The molecule has 0 fully saturated rings. The summed E-state index contributed by atoms with van der Waals surface area (Å²) in [5.74, 6) is 0. The Morgan fingerprint density at radius 1 is 0.686 bits per heavy atom. The quantitative estimate of drug-likeness (QED) is 0.150. The minimum atomic E-state index is -4.25. The minimum Gasteiger partial charge on any atom is -0.744 e. The van der Waals surface area contributed by atoms with Gasteiger partial charge in [0.05, 0.1) is 4.90 Å². The van der Waals surface area contributed by atoms with Gasteiger partial charge in [-0.15, -0.1) is 0 Å². The topological polar surface area (TPSA) is 100 Å². The highest BCUT2D eigenvalue weighted by molar-refractivity contribution is 7.85. The molecule has 178 valence electrons. The van der Waals surface area contributed by atoms with Crippen LogP contribution in [0.1, 0.15) is 5.56 Å². The van der Waals surface area contributed by atoms with E-state index in [0.29, 0.717) is 6.16 Å². The van der Waals surface area contributed by atoms with E-state index in [2.05, 4.69) is 0 Å². The molecule has 35 heavy (non-hydrogen) atoms. The first kappa shape index (κ1) is 26.0. The maximum absolute atomic E-state index is 12.3. The third-order valence-corrected chi connectivity index (χ3v) is 9.61. The van der Waals surface area contributed by atoms with Crippen LogP contribution >= 0.6 is 7.41 Å². The van der Waals surface area contributed by atoms with E-state index in [1.54, 1.807) is 6.07 Å². The molecule has 0 radical (unpaired) electrons. The van der Waals surface area contributed by atoms with Gasteiger partial charge < -0.3 is 4.55 Å². The summed E-state index contributed by atoms with van der Waals surface area (Å²) in [5, 5.41) is 13.9. The molecule has 0 aliphatic carbocycles. The fraction of sp³-hybridized carbons (Fsp3) is 0.0370. The predicted molar refractivity (Wildman–Crippen MR) is 141 cm³/mol. The van der Waals surface area contributed by atoms with Gasteiger partial charge in [0.2, 0.25) is 0 Å². The lowest BCUT2D eigenvalue weighted by Crippen LogP contribution is -2.30. The van der Waals surface area contributed by atoms with Crippen LogP contribution in [-0.4, -0.2) is 23.8 Å². The lowest BCUT2D eigenvalue weighted by atomic mass is 10.2. The molecule has 4 aromatic carbocycles. The molecule has 0 saturated heterocycles. The smallest absolute Gasteiger partial charge is 0.381 e. The molecule has 0 amide bonds. The van der Waals surface area contributed by atoms with Gasteiger partial charge in [-0.2, -0.15) is 0 Å². The summed E-state index contributed by atoms with van der Waals surface area (Å²) in [6.07, 6.45) is 4.29. The first-order chi connectivity index (χ1) is 16.8. The van der Waals surface area contributed by atoms with Gasteiger partial charge in [0.1, 0.15) is 16.3 Å². The molecule has 0 saturated carbocycles. The van der Waals surface area contributed by atoms with E-state index in [1.165, 1.54) is 24.3 Å². The van der Waals surface area contributed by atoms with Gasteiger partial charge in [-0.05, 0) is 48.0 Å². The molecular formula is C27H24NO5PS. The Hall–Kier alpha value is -3.64. The van der Waals surface area contributed by atoms with Gasteiger partial charge >= 0.3 is 7.41 Å². The van der Waals surface area contributed by atoms with E-state index in [9.17, 15) is 23.1 Å². The molecule has 0 aliphatic heterocycles. The Morgan fingerprint density at radius 2 is 1.09 bits per heavy atom. The van der Waals surface area contributed by atoms with Gasteiger partial charge in [0.25, 0.3) is 0 Å². The van der Waals surface area contributed by atoms with Gasteiger partial charge in [-0.1, -0.05) is 91.0 Å². The number of hydrogen-bond donors (Lipinski definition) is 0. The van der Waals surface area contributed by atoms with Crippen molar-refractivity contribution in [1.82, 2.24) is 0 Å². The second-order valence-corrected chi connectivity index (χ2v) is 12.1. The first-order valence-corrected chi connectivity index (χ1v) is 14.0. The maximum Gasteiger partial charge on any atom is 0.381 e. The van der Waals surface area contributed by atoms with Gasteiger partial charge in [-0.3, -0.25) is 0 Å². The highest BCUT2D eigenvalue weighted by Gasteiger charge is 2.56. The first-order valence-electron chi connectivity index (χ1n) is 10.7. The maximum atomic E-state index is 12.3. The Morgan fingerprint density at radius 3 is 1.46 bits per heavy atom. The average molecular weight is 506 g/mol. The number of benzene rings is 4. The molecule has 0 bridgehead atoms. The van der Waals surface area contributed by atoms with Crippen LogP contribution in [0.4, 0.5) is 0 Å². The largest absolute Gasteiger partial charge is 0.744 e. The summed E-state index contributed by atoms with van der Waals surface area (Å²) in [6, 6.07) is 35.8. The Balaban J connectivity index is 0.000000287. The number of rotatable bonds is 7. The van der Waals surface area contributed by atoms with Crippen LogP contribution in [0.5, 0.6) is 0 Å². The van der Waals surface area contributed by atoms with E-state index in [4.69, 9.17) is 0 Å². The van der Waals surface area contributed by atoms with Crippen molar-refractivity contribution in [2.24, 2.45) is 0 Å². The molecule has 0 aliphatic rings. The number of allylic oxidation sites excluding steroid dienone is 1. The molecule has 0 aromatic heterocycles. The number of hydrogen-bond acceptors (Lipinski definition) is 5. The monoisotopic (exact) mass is 505 g/mol. The Bertz CT molecular complexity index is 1310. The van der Waals surface area contributed by atoms with Crippen LogP contribution in [0.25, 0.3) is 6.08 Å². The highest BCUT2D eigenvalue weighted by Crippen LogP contribution is 2.56. The average Bonchev–Trinajstić information content (AvgIpc) is 2.89. The third kappa shape index (κ3) is 6.93. The van der Waals surface area contributed by atoms with Gasteiger partial charge in [0, 0.05) is 0 Å². The third-order valence-electron chi connectivity index (χ3n) is 5.16. The van der Waals surface area contributed by atoms with E-state index in [0.717, 1.165) is 16.2 Å². The van der Waals surface area contributed by atoms with Crippen LogP contribution < -0.4 is 10.6 Å². The van der Waals surface area contributed by atoms with Gasteiger partial charge in [0.15, 0.2) is 15.3 Å². The normalized spacial score (nSPS) is 11.5. The fourth-order valence-corrected chi connectivity index (χ4v) is 6.92. The molecule has 0 spiro atoms. The molecular weight excluding hydrogens is 481 g/mol. The lowest BCUT2D eigenvalue weighted by Gasteiger charge is -2.15. The van der Waals surface area contributed by atoms with Crippen molar-refractivity contribution in [3.63, 3.8) is 0 Å². The Kier molecular flexibility index (Phi) is 9.04. The molecule has 0 heterocycles. The number of nitro groups is 1. The SMILES string of the molecule is O=S(=O)([O-])c1ccccc1.O=[N+]([O-])[P+](CC=Cc1ccccc1)(c1ccccc1)c1ccccc1. The second-order valence-electron chi connectivity index (χ2n) is 7.44. The van der Waals surface area contributed by atoms with E-state index >= 15 is 0 Å². The van der Waals surface area contributed by atoms with E-state index in [-0.39, 0.29) is 9.59 Å². The molecule has 6 nitrogen and oxygen atoms in total. The van der Waals surface area contributed by atoms with Crippen molar-refractivity contribution < 1.29 is 17.7 Å². The molecule has 4 aromatic rings. The predicted octanol–water partition coefficient (Wildman–Crippen LogP) is 5.15. The summed E-state index contributed by atoms with van der Waals surface area (Å²) < 4.78 is 30.8. The van der Waals surface area contributed by atoms with Crippen molar-refractivity contribution in [1.29, 1.82) is 0 Å². The molecule has 0 atom stereocenters. The van der Waals surface area contributed by atoms with Crippen molar-refractivity contribution in [3.05, 3.63) is 143 Å². The zero-order chi connectivity index (χ0) is 25.2. The highest BCUT2D eigenvalue weighted by atomic mass is 32.2. The summed E-state index contributed by atoms with van der Waals surface area (Å²) in [7, 11) is -7.03. The van der Waals surface area contributed by atoms with Crippen LogP contribution in [0.15, 0.2) is 132 Å². The zero-order valence-electron chi connectivity index (χ0n) is 18.8. The van der Waals surface area contributed by atoms with Gasteiger partial charge in [-0.25, -0.2) is 18.5 Å². The van der Waals surface area contributed by atoms with E-state index < -0.39 is 17.5 Å². The minimum absolute atomic E-state index is 0.0625. The van der Waals surface area contributed by atoms with Crippen LogP contribution in [0.2, 0.25) is 0 Å². The molecule has 0 unspecified atom stereocenters. The van der Waals surface area contributed by atoms with Crippen molar-refractivity contribution in [3.8, 4) is 0 Å². The van der Waals surface area contributed by atoms with E-state index in [1.807, 2.05) is 103 Å². The molecule has 0 N–H and O–H groups in total. The summed E-state index contributed by atoms with van der Waals surface area (Å²) >= 11 is 0. The second kappa shape index (κ2) is 12.2. The zero-order valence-corrected chi connectivity index (χ0v) is 20.5. The van der Waals surface area contributed by atoms with Crippen LogP contribution in [0, 0.1) is 10.1 Å². The van der Waals surface area contributed by atoms with Crippen LogP contribution in [0.3, 0.4) is 0 Å². The van der Waals surface area contributed by atoms with Crippen molar-refractivity contribution in [2.45, 2.75) is 4.90 Å². The van der Waals surface area contributed by atoms with Crippen molar-refractivity contribution in [2.75, 3.05) is 6.16 Å². The van der Waals surface area contributed by atoms with Crippen molar-refractivity contribution >= 4 is 34.2 Å². The summed E-state index contributed by atoms with van der Waals surface area (Å²) in [5.41, 5.74) is 1.05. The number of nitrogens with zero attached hydrogens (tertiary/aromatic N) is 1. The lowest BCUT2D eigenvalue weighted by molar-refractivity contribution is -0.305.